The Morgan fingerprint density at radius 3 is 2.85 bits per heavy atom. The Balaban J connectivity index is 1.86. The molecule has 0 saturated heterocycles. The van der Waals surface area contributed by atoms with Gasteiger partial charge in [-0.15, -0.1) is 11.3 Å². The highest BCUT2D eigenvalue weighted by Gasteiger charge is 2.13. The smallest absolute Gasteiger partial charge is 0.275 e. The van der Waals surface area contributed by atoms with Crippen molar-refractivity contribution in [3.8, 4) is 0 Å². The molecule has 0 radical (unpaired) electrons. The number of nitrogens with zero attached hydrogens (tertiary/aromatic N) is 2. The molecule has 3 rings (SSSR count). The van der Waals surface area contributed by atoms with E-state index in [0.717, 1.165) is 17.8 Å². The first-order chi connectivity index (χ1) is 9.54. The molecule has 3 aromatic rings. The predicted molar refractivity (Wildman–Crippen MR) is 72.1 cm³/mol. The number of hydrogen-bond donors (Lipinski definition) is 1. The lowest BCUT2D eigenvalue weighted by molar-refractivity contribution is 0.102. The van der Waals surface area contributed by atoms with Crippen molar-refractivity contribution in [1.82, 2.24) is 9.38 Å². The van der Waals surface area contributed by atoms with Gasteiger partial charge >= 0.3 is 0 Å². The molecule has 0 atom stereocenters. The van der Waals surface area contributed by atoms with E-state index in [2.05, 4.69) is 10.3 Å². The number of benzene rings is 1. The number of aromatic nitrogens is 2. The molecule has 7 heteroatoms. The third-order valence-electron chi connectivity index (χ3n) is 2.80. The van der Waals surface area contributed by atoms with Gasteiger partial charge in [0.1, 0.15) is 5.69 Å². The summed E-state index contributed by atoms with van der Waals surface area (Å²) in [7, 11) is 0. The van der Waals surface area contributed by atoms with Crippen molar-refractivity contribution >= 4 is 27.9 Å². The molecule has 1 N–H and O–H groups in total. The lowest BCUT2D eigenvalue weighted by atomic mass is 10.3. The Hall–Kier alpha value is -2.28. The van der Waals surface area contributed by atoms with Crippen molar-refractivity contribution in [2.75, 3.05) is 5.32 Å². The van der Waals surface area contributed by atoms with E-state index in [0.29, 0.717) is 4.96 Å². The van der Waals surface area contributed by atoms with Crippen LogP contribution in [0.3, 0.4) is 0 Å². The average molecular weight is 293 g/mol. The fourth-order valence-electron chi connectivity index (χ4n) is 1.77. The van der Waals surface area contributed by atoms with Crippen LogP contribution in [0.1, 0.15) is 16.2 Å². The number of fused-ring (bicyclic) bond motifs is 1. The second-order valence-electron chi connectivity index (χ2n) is 4.24. The Morgan fingerprint density at radius 1 is 1.35 bits per heavy atom. The molecule has 0 spiro atoms. The van der Waals surface area contributed by atoms with Gasteiger partial charge in [-0.05, 0) is 19.1 Å². The number of thiazole rings is 1. The first kappa shape index (κ1) is 12.7. The highest BCUT2D eigenvalue weighted by Crippen LogP contribution is 2.18. The van der Waals surface area contributed by atoms with Crippen molar-refractivity contribution in [2.45, 2.75) is 6.92 Å². The second kappa shape index (κ2) is 4.68. The first-order valence-corrected chi connectivity index (χ1v) is 6.62. The Bertz CT molecular complexity index is 809. The summed E-state index contributed by atoms with van der Waals surface area (Å²) in [6.45, 7) is 1.90. The van der Waals surface area contributed by atoms with Gasteiger partial charge in [0.2, 0.25) is 0 Å². The molecule has 1 amide bonds. The molecule has 2 heterocycles. The standard InChI is InChI=1S/C13H9F2N3OS/c1-7-6-20-13-17-11(5-18(7)13)12(19)16-8-2-3-9(14)10(15)4-8/h2-6H,1H3,(H,16,19). The number of imidazole rings is 1. The molecule has 20 heavy (non-hydrogen) atoms. The minimum Gasteiger partial charge on any atom is -0.320 e. The van der Waals surface area contributed by atoms with Crippen LogP contribution in [0.5, 0.6) is 0 Å². The van der Waals surface area contributed by atoms with E-state index >= 15 is 0 Å². The summed E-state index contributed by atoms with van der Waals surface area (Å²) < 4.78 is 27.7. The van der Waals surface area contributed by atoms with E-state index in [-0.39, 0.29) is 11.4 Å². The number of anilines is 1. The zero-order chi connectivity index (χ0) is 14.3. The molecule has 0 aliphatic heterocycles. The lowest BCUT2D eigenvalue weighted by Gasteiger charge is -2.03. The van der Waals surface area contributed by atoms with Crippen molar-refractivity contribution in [3.05, 3.63) is 52.8 Å². The average Bonchev–Trinajstić information content (AvgIpc) is 2.97. The van der Waals surface area contributed by atoms with Gasteiger partial charge in [-0.3, -0.25) is 9.20 Å². The van der Waals surface area contributed by atoms with Gasteiger partial charge < -0.3 is 5.32 Å². The minimum atomic E-state index is -1.01. The van der Waals surface area contributed by atoms with Crippen LogP contribution in [0.15, 0.2) is 29.8 Å². The van der Waals surface area contributed by atoms with E-state index in [1.165, 1.54) is 17.4 Å². The molecule has 1 aromatic carbocycles. The molecule has 0 saturated carbocycles. The second-order valence-corrected chi connectivity index (χ2v) is 5.08. The lowest BCUT2D eigenvalue weighted by Crippen LogP contribution is -2.12. The Kier molecular flexibility index (Phi) is 2.98. The number of hydrogen-bond acceptors (Lipinski definition) is 3. The molecule has 0 fully saturated rings. The SMILES string of the molecule is Cc1csc2nc(C(=O)Nc3ccc(F)c(F)c3)cn12. The summed E-state index contributed by atoms with van der Waals surface area (Å²) in [4.78, 5) is 16.9. The normalized spacial score (nSPS) is 10.9. The van der Waals surface area contributed by atoms with Gasteiger partial charge in [0, 0.05) is 29.0 Å². The van der Waals surface area contributed by atoms with E-state index in [4.69, 9.17) is 0 Å². The number of carbonyl (C=O) groups excluding carboxylic acids is 1. The largest absolute Gasteiger partial charge is 0.320 e. The van der Waals surface area contributed by atoms with Crippen molar-refractivity contribution < 1.29 is 13.6 Å². The fourth-order valence-corrected chi connectivity index (χ4v) is 2.62. The summed E-state index contributed by atoms with van der Waals surface area (Å²) in [5, 5.41) is 4.41. The maximum atomic E-state index is 13.1. The topological polar surface area (TPSA) is 46.4 Å². The Labute approximate surface area is 116 Å². The summed E-state index contributed by atoms with van der Waals surface area (Å²) in [6, 6.07) is 3.18. The molecule has 102 valence electrons. The van der Waals surface area contributed by atoms with Crippen LogP contribution in [0.4, 0.5) is 14.5 Å². The molecular formula is C13H9F2N3OS. The van der Waals surface area contributed by atoms with E-state index in [9.17, 15) is 13.6 Å². The van der Waals surface area contributed by atoms with Crippen molar-refractivity contribution in [3.63, 3.8) is 0 Å². The third-order valence-corrected chi connectivity index (χ3v) is 3.76. The quantitative estimate of drug-likeness (QED) is 0.788. The monoisotopic (exact) mass is 293 g/mol. The van der Waals surface area contributed by atoms with E-state index in [1.54, 1.807) is 10.6 Å². The van der Waals surface area contributed by atoms with Crippen molar-refractivity contribution in [2.24, 2.45) is 0 Å². The van der Waals surface area contributed by atoms with Crippen LogP contribution >= 0.6 is 11.3 Å². The van der Waals surface area contributed by atoms with Crippen LogP contribution in [0.25, 0.3) is 4.96 Å². The maximum absolute atomic E-state index is 13.1. The molecule has 2 aromatic heterocycles. The van der Waals surface area contributed by atoms with Crippen LogP contribution in [-0.2, 0) is 0 Å². The van der Waals surface area contributed by atoms with Gasteiger partial charge in [-0.1, -0.05) is 0 Å². The zero-order valence-electron chi connectivity index (χ0n) is 10.4. The van der Waals surface area contributed by atoms with Gasteiger partial charge in [0.05, 0.1) is 0 Å². The van der Waals surface area contributed by atoms with Gasteiger partial charge in [0.15, 0.2) is 16.6 Å². The highest BCUT2D eigenvalue weighted by atomic mass is 32.1. The highest BCUT2D eigenvalue weighted by molar-refractivity contribution is 7.15. The minimum absolute atomic E-state index is 0.182. The molecular weight excluding hydrogens is 284 g/mol. The number of halogens is 2. The fraction of sp³-hybridized carbons (Fsp3) is 0.0769. The van der Waals surface area contributed by atoms with Crippen LogP contribution < -0.4 is 5.32 Å². The summed E-state index contributed by atoms with van der Waals surface area (Å²) in [6.07, 6.45) is 1.61. The predicted octanol–water partition coefficient (Wildman–Crippen LogP) is 3.23. The third kappa shape index (κ3) is 2.16. The van der Waals surface area contributed by atoms with E-state index < -0.39 is 17.5 Å². The number of amides is 1. The van der Waals surface area contributed by atoms with Crippen molar-refractivity contribution in [1.29, 1.82) is 0 Å². The zero-order valence-corrected chi connectivity index (χ0v) is 11.2. The van der Waals surface area contributed by atoms with Gasteiger partial charge in [-0.2, -0.15) is 0 Å². The number of aryl methyl sites for hydroxylation is 1. The first-order valence-electron chi connectivity index (χ1n) is 5.74. The molecule has 0 aliphatic carbocycles. The van der Waals surface area contributed by atoms with Crippen LogP contribution in [-0.4, -0.2) is 15.3 Å². The number of rotatable bonds is 2. The summed E-state index contributed by atoms with van der Waals surface area (Å²) in [5.41, 5.74) is 1.39. The molecule has 0 unspecified atom stereocenters. The van der Waals surface area contributed by atoms with Gasteiger partial charge in [0.25, 0.3) is 5.91 Å². The van der Waals surface area contributed by atoms with Gasteiger partial charge in [-0.25, -0.2) is 13.8 Å². The number of carbonyl (C=O) groups is 1. The summed E-state index contributed by atoms with van der Waals surface area (Å²) in [5.74, 6) is -2.43. The van der Waals surface area contributed by atoms with Crippen LogP contribution in [0.2, 0.25) is 0 Å². The van der Waals surface area contributed by atoms with E-state index in [1.807, 2.05) is 12.3 Å². The van der Waals surface area contributed by atoms with Crippen LogP contribution in [0, 0.1) is 18.6 Å². The Morgan fingerprint density at radius 2 is 2.15 bits per heavy atom. The number of nitrogens with one attached hydrogen (secondary N) is 1. The molecule has 0 aliphatic rings. The summed E-state index contributed by atoms with van der Waals surface area (Å²) >= 11 is 1.43. The molecule has 4 nitrogen and oxygen atoms in total. The molecule has 0 bridgehead atoms. The maximum Gasteiger partial charge on any atom is 0.275 e.